The third kappa shape index (κ3) is 5.43. The van der Waals surface area contributed by atoms with Gasteiger partial charge in [0.25, 0.3) is 0 Å². The molecule has 28 heavy (non-hydrogen) atoms. The molecule has 0 aromatic heterocycles. The van der Waals surface area contributed by atoms with Crippen molar-refractivity contribution in [3.05, 3.63) is 64.1 Å². The summed E-state index contributed by atoms with van der Waals surface area (Å²) in [5.74, 6) is 0.400. The molecular formula is C20H23BrN2O4S. The van der Waals surface area contributed by atoms with Crippen molar-refractivity contribution in [1.29, 1.82) is 0 Å². The third-order valence-electron chi connectivity index (χ3n) is 4.12. The van der Waals surface area contributed by atoms with Crippen molar-refractivity contribution in [2.75, 3.05) is 21.2 Å². The summed E-state index contributed by atoms with van der Waals surface area (Å²) in [6.07, 6.45) is 3.12. The number of amides is 1. The van der Waals surface area contributed by atoms with Gasteiger partial charge in [-0.1, -0.05) is 28.1 Å². The quantitative estimate of drug-likeness (QED) is 0.632. The van der Waals surface area contributed by atoms with Crippen LogP contribution in [0, 0.1) is 0 Å². The Balaban J connectivity index is 2.07. The molecule has 1 atom stereocenters. The van der Waals surface area contributed by atoms with Crippen LogP contribution in [0.3, 0.4) is 0 Å². The van der Waals surface area contributed by atoms with Gasteiger partial charge in [-0.25, -0.2) is 12.7 Å². The zero-order valence-electron chi connectivity index (χ0n) is 16.1. The topological polar surface area (TPSA) is 75.7 Å². The molecule has 0 aliphatic heterocycles. The maximum absolute atomic E-state index is 12.2. The minimum absolute atomic E-state index is 0.210. The van der Waals surface area contributed by atoms with E-state index in [-0.39, 0.29) is 16.8 Å². The van der Waals surface area contributed by atoms with E-state index in [4.69, 9.17) is 4.74 Å². The Bertz CT molecular complexity index is 970. The molecule has 0 saturated carbocycles. The third-order valence-corrected chi connectivity index (χ3v) is 6.45. The van der Waals surface area contributed by atoms with Crippen LogP contribution < -0.4 is 10.1 Å². The van der Waals surface area contributed by atoms with Crippen molar-refractivity contribution in [3.8, 4) is 5.75 Å². The zero-order chi connectivity index (χ0) is 20.9. The fraction of sp³-hybridized carbons (Fsp3) is 0.250. The maximum Gasteiger partial charge on any atom is 0.244 e. The molecule has 0 spiro atoms. The number of hydrogen-bond acceptors (Lipinski definition) is 4. The number of hydrogen-bond donors (Lipinski definition) is 1. The summed E-state index contributed by atoms with van der Waals surface area (Å²) in [7, 11) is 1.07. The van der Waals surface area contributed by atoms with E-state index in [0.29, 0.717) is 5.75 Å². The van der Waals surface area contributed by atoms with Crippen LogP contribution in [-0.2, 0) is 14.8 Å². The number of benzene rings is 2. The first-order chi connectivity index (χ1) is 13.1. The second-order valence-corrected chi connectivity index (χ2v) is 9.37. The Labute approximate surface area is 174 Å². The van der Waals surface area contributed by atoms with Gasteiger partial charge in [-0.05, 0) is 48.9 Å². The fourth-order valence-electron chi connectivity index (χ4n) is 2.49. The fourth-order valence-corrected chi connectivity index (χ4v) is 3.77. The number of nitrogens with one attached hydrogen (secondary N) is 1. The molecule has 0 aliphatic carbocycles. The zero-order valence-corrected chi connectivity index (χ0v) is 18.5. The van der Waals surface area contributed by atoms with Gasteiger partial charge in [0, 0.05) is 30.2 Å². The molecule has 0 radical (unpaired) electrons. The summed E-state index contributed by atoms with van der Waals surface area (Å²) in [6.45, 7) is 1.83. The lowest BCUT2D eigenvalue weighted by Crippen LogP contribution is -2.25. The first-order valence-corrected chi connectivity index (χ1v) is 10.7. The number of rotatable bonds is 7. The number of nitrogens with zero attached hydrogens (tertiary/aromatic N) is 1. The van der Waals surface area contributed by atoms with E-state index in [9.17, 15) is 13.2 Å². The number of methoxy groups -OCH3 is 1. The average Bonchev–Trinajstić information content (AvgIpc) is 2.66. The first kappa shape index (κ1) is 22.1. The molecule has 0 aliphatic rings. The van der Waals surface area contributed by atoms with Crippen LogP contribution in [0.2, 0.25) is 0 Å². The molecule has 0 heterocycles. The van der Waals surface area contributed by atoms with Gasteiger partial charge in [0.1, 0.15) is 5.75 Å². The van der Waals surface area contributed by atoms with Gasteiger partial charge in [0.05, 0.1) is 18.0 Å². The minimum atomic E-state index is -3.47. The molecule has 0 saturated heterocycles. The molecule has 6 nitrogen and oxygen atoms in total. The van der Waals surface area contributed by atoms with E-state index in [1.165, 1.54) is 32.3 Å². The van der Waals surface area contributed by atoms with E-state index in [1.54, 1.807) is 25.3 Å². The lowest BCUT2D eigenvalue weighted by atomic mass is 10.1. The van der Waals surface area contributed by atoms with Crippen molar-refractivity contribution in [2.45, 2.75) is 17.9 Å². The Hall–Kier alpha value is -2.16. The molecule has 2 rings (SSSR count). The lowest BCUT2D eigenvalue weighted by molar-refractivity contribution is -0.117. The van der Waals surface area contributed by atoms with Gasteiger partial charge in [-0.2, -0.15) is 0 Å². The van der Waals surface area contributed by atoms with Crippen molar-refractivity contribution in [2.24, 2.45) is 0 Å². The molecule has 1 unspecified atom stereocenters. The Morgan fingerprint density at radius 2 is 1.82 bits per heavy atom. The molecule has 2 aromatic carbocycles. The second-order valence-electron chi connectivity index (χ2n) is 6.31. The van der Waals surface area contributed by atoms with Crippen LogP contribution in [-0.4, -0.2) is 39.8 Å². The van der Waals surface area contributed by atoms with E-state index in [2.05, 4.69) is 21.2 Å². The van der Waals surface area contributed by atoms with Gasteiger partial charge in [0.2, 0.25) is 15.9 Å². The van der Waals surface area contributed by atoms with E-state index in [0.717, 1.165) is 19.9 Å². The highest BCUT2D eigenvalue weighted by Crippen LogP contribution is 2.24. The molecule has 2 aromatic rings. The van der Waals surface area contributed by atoms with Gasteiger partial charge >= 0.3 is 0 Å². The summed E-state index contributed by atoms with van der Waals surface area (Å²) in [5.41, 5.74) is 1.58. The minimum Gasteiger partial charge on any atom is -0.496 e. The van der Waals surface area contributed by atoms with Gasteiger partial charge in [0.15, 0.2) is 0 Å². The highest BCUT2D eigenvalue weighted by atomic mass is 79.9. The number of carbonyl (C=O) groups is 1. The highest BCUT2D eigenvalue weighted by molar-refractivity contribution is 9.10. The summed E-state index contributed by atoms with van der Waals surface area (Å²) >= 11 is 3.40. The van der Waals surface area contributed by atoms with Gasteiger partial charge < -0.3 is 10.1 Å². The SMILES string of the molecule is COc1ccc(Br)cc1C=CC(=O)NC(C)c1ccc(S(=O)(=O)N(C)C)cc1. The molecular weight excluding hydrogens is 444 g/mol. The van der Waals surface area contributed by atoms with Crippen molar-refractivity contribution >= 4 is 37.9 Å². The highest BCUT2D eigenvalue weighted by Gasteiger charge is 2.17. The standard InChI is InChI=1S/C20H23BrN2O4S/c1-14(15-5-9-18(10-6-15)28(25,26)23(2)3)22-20(24)12-7-16-13-17(21)8-11-19(16)27-4/h5-14H,1-4H3,(H,22,24). The monoisotopic (exact) mass is 466 g/mol. The van der Waals surface area contributed by atoms with Crippen LogP contribution in [0.5, 0.6) is 5.75 Å². The van der Waals surface area contributed by atoms with Crippen LogP contribution >= 0.6 is 15.9 Å². The number of ether oxygens (including phenoxy) is 1. The second kappa shape index (κ2) is 9.36. The predicted octanol–water partition coefficient (Wildman–Crippen LogP) is 3.60. The number of sulfonamides is 1. The summed E-state index contributed by atoms with van der Waals surface area (Å²) in [5, 5.41) is 2.86. The average molecular weight is 467 g/mol. The lowest BCUT2D eigenvalue weighted by Gasteiger charge is -2.15. The molecule has 150 valence electrons. The van der Waals surface area contributed by atoms with Crippen molar-refractivity contribution < 1.29 is 17.9 Å². The van der Waals surface area contributed by atoms with Crippen LogP contribution in [0.4, 0.5) is 0 Å². The Kier molecular flexibility index (Phi) is 7.40. The Morgan fingerprint density at radius 1 is 1.18 bits per heavy atom. The molecule has 0 fully saturated rings. The van der Waals surface area contributed by atoms with Crippen LogP contribution in [0.25, 0.3) is 6.08 Å². The normalized spacial score (nSPS) is 12.9. The van der Waals surface area contributed by atoms with E-state index >= 15 is 0 Å². The predicted molar refractivity (Wildman–Crippen MR) is 114 cm³/mol. The van der Waals surface area contributed by atoms with Crippen molar-refractivity contribution in [1.82, 2.24) is 9.62 Å². The Morgan fingerprint density at radius 3 is 2.39 bits per heavy atom. The maximum atomic E-state index is 12.2. The molecule has 1 amide bonds. The first-order valence-electron chi connectivity index (χ1n) is 8.49. The largest absolute Gasteiger partial charge is 0.496 e. The molecule has 0 bridgehead atoms. The summed E-state index contributed by atoms with van der Waals surface area (Å²) in [4.78, 5) is 12.5. The van der Waals surface area contributed by atoms with Crippen LogP contribution in [0.1, 0.15) is 24.1 Å². The summed E-state index contributed by atoms with van der Waals surface area (Å²) < 4.78 is 31.6. The van der Waals surface area contributed by atoms with E-state index in [1.807, 2.05) is 25.1 Å². The molecule has 8 heteroatoms. The number of carbonyl (C=O) groups excluding carboxylic acids is 1. The van der Waals surface area contributed by atoms with Crippen molar-refractivity contribution in [3.63, 3.8) is 0 Å². The summed E-state index contributed by atoms with van der Waals surface area (Å²) in [6, 6.07) is 11.7. The van der Waals surface area contributed by atoms with Crippen LogP contribution in [0.15, 0.2) is 57.9 Å². The smallest absolute Gasteiger partial charge is 0.244 e. The van der Waals surface area contributed by atoms with Gasteiger partial charge in [-0.3, -0.25) is 4.79 Å². The van der Waals surface area contributed by atoms with E-state index < -0.39 is 10.0 Å². The number of halogens is 1. The van der Waals surface area contributed by atoms with Gasteiger partial charge in [-0.15, -0.1) is 0 Å². The molecule has 1 N–H and O–H groups in total.